The third-order valence-corrected chi connectivity index (χ3v) is 20.9. The summed E-state index contributed by atoms with van der Waals surface area (Å²) in [6.07, 6.45) is -29.8. The van der Waals surface area contributed by atoms with E-state index >= 15 is 0 Å². The van der Waals surface area contributed by atoms with E-state index in [1.54, 1.807) is 6.92 Å². The number of rotatable bonds is 11. The van der Waals surface area contributed by atoms with Crippen molar-refractivity contribution in [1.29, 1.82) is 0 Å². The minimum atomic E-state index is -2.24. The van der Waals surface area contributed by atoms with Gasteiger partial charge in [-0.2, -0.15) is 0 Å². The zero-order valence-corrected chi connectivity index (χ0v) is 44.6. The predicted octanol–water partition coefficient (Wildman–Crippen LogP) is -3.46. The van der Waals surface area contributed by atoms with Crippen LogP contribution in [-0.4, -0.2) is 222 Å². The number of carbonyl (C=O) groups is 3. The molecule has 77 heavy (non-hydrogen) atoms. The lowest BCUT2D eigenvalue weighted by molar-refractivity contribution is -0.401. The van der Waals surface area contributed by atoms with Crippen molar-refractivity contribution in [3.63, 3.8) is 0 Å². The summed E-state index contributed by atoms with van der Waals surface area (Å²) in [4.78, 5) is 41.5. The Hall–Kier alpha value is -2.41. The van der Waals surface area contributed by atoms with Gasteiger partial charge in [0.15, 0.2) is 18.9 Å². The van der Waals surface area contributed by atoms with Gasteiger partial charge < -0.3 is 114 Å². The van der Waals surface area contributed by atoms with Crippen LogP contribution in [-0.2, 0) is 52.3 Å². The number of hydrogen-bond acceptors (Lipinski definition) is 24. The summed E-state index contributed by atoms with van der Waals surface area (Å²) in [5, 5.41) is 143. The monoisotopic (exact) mass is 1100 g/mol. The Kier molecular flexibility index (Phi) is 16.2. The molecular weight excluding hydrogens is 1020 g/mol. The van der Waals surface area contributed by atoms with E-state index in [9.17, 15) is 80.8 Å². The van der Waals surface area contributed by atoms with Crippen LogP contribution in [0.25, 0.3) is 0 Å². The molecule has 4 saturated carbocycles. The number of ether oxygens (including phenoxy) is 8. The number of carboxylic acids is 1. The number of carboxylic acid groups (broad SMARTS) is 1. The number of aldehydes is 1. The molecule has 9 aliphatic rings. The van der Waals surface area contributed by atoms with Crippen LogP contribution in [0.5, 0.6) is 0 Å². The van der Waals surface area contributed by atoms with Crippen molar-refractivity contribution in [3.8, 4) is 0 Å². The first kappa shape index (κ1) is 59.2. The molecule has 9 rings (SSSR count). The van der Waals surface area contributed by atoms with Crippen molar-refractivity contribution in [1.82, 2.24) is 0 Å². The average Bonchev–Trinajstić information content (AvgIpc) is 3.51. The molecule has 24 heteroatoms. The molecule has 0 radical (unpaired) electrons. The lowest BCUT2D eigenvalue weighted by Gasteiger charge is -2.71. The Labute approximate surface area is 446 Å². The number of esters is 1. The largest absolute Gasteiger partial charge is 0.547 e. The zero-order valence-electron chi connectivity index (χ0n) is 44.6. The molecule has 0 aromatic carbocycles. The van der Waals surface area contributed by atoms with E-state index in [4.69, 9.17) is 37.9 Å². The molecule has 4 heterocycles. The van der Waals surface area contributed by atoms with Crippen molar-refractivity contribution in [2.24, 2.45) is 50.2 Å². The van der Waals surface area contributed by atoms with Gasteiger partial charge in [0, 0.05) is 0 Å². The molecule has 0 spiro atoms. The van der Waals surface area contributed by atoms with Crippen molar-refractivity contribution in [2.45, 2.75) is 235 Å². The number of aliphatic hydroxyl groups is 12. The molecule has 8 fully saturated rings. The second-order valence-electron chi connectivity index (χ2n) is 25.6. The molecule has 4 aliphatic heterocycles. The van der Waals surface area contributed by atoms with Gasteiger partial charge in [0.2, 0.25) is 6.29 Å². The van der Waals surface area contributed by atoms with Gasteiger partial charge in [-0.25, -0.2) is 0 Å². The molecule has 4 saturated heterocycles. The lowest BCUT2D eigenvalue weighted by atomic mass is 9.33. The van der Waals surface area contributed by atoms with E-state index in [0.29, 0.717) is 38.5 Å². The standard InChI is InChI=1S/C53H82O24/c1-21-30(58)33(61)36(64)44(71-21)77-47(69)53-15-14-48(2,3)16-23(53)22-8-9-27-49(4)12-11-29(50(5,20-55)26(49)10-13-51(27,6)52(22,7)17-28(53)57)73-46-41(76-45-37(65)34(62)32(60)25(18-54)72-45)39(38(66)40(75-46)42(67)68)74-43-35(63)31(59)24(56)19-70-43/h8,20-21,23-41,43-46,54,56-66H,9-19H2,1-7H3,(H,67,68)/p-1/t21-,23+,24-,25-,26-,27-,28-,29+,30+,31+,32+,33+,34+,35-,36-,37-,38+,39+,40+,41-,43+,44+,45+,46-,49+,50+,51-,52-,53-/m1/s1. The van der Waals surface area contributed by atoms with Crippen LogP contribution < -0.4 is 5.11 Å². The predicted molar refractivity (Wildman–Crippen MR) is 255 cm³/mol. The Morgan fingerprint density at radius 1 is 0.688 bits per heavy atom. The van der Waals surface area contributed by atoms with Crippen LogP contribution >= 0.6 is 0 Å². The van der Waals surface area contributed by atoms with E-state index in [2.05, 4.69) is 40.7 Å². The van der Waals surface area contributed by atoms with Crippen LogP contribution in [0.15, 0.2) is 11.6 Å². The first-order valence-corrected chi connectivity index (χ1v) is 27.2. The Bertz CT molecular complexity index is 2220. The summed E-state index contributed by atoms with van der Waals surface area (Å²) in [7, 11) is 0. The first-order valence-electron chi connectivity index (χ1n) is 27.2. The summed E-state index contributed by atoms with van der Waals surface area (Å²) >= 11 is 0. The summed E-state index contributed by atoms with van der Waals surface area (Å²) in [6, 6.07) is 0. The lowest BCUT2D eigenvalue weighted by Crippen LogP contribution is -2.70. The van der Waals surface area contributed by atoms with Crippen molar-refractivity contribution >= 4 is 18.2 Å². The summed E-state index contributed by atoms with van der Waals surface area (Å²) in [5.41, 5.74) is -3.87. The fourth-order valence-electron chi connectivity index (χ4n) is 16.1. The van der Waals surface area contributed by atoms with Gasteiger partial charge >= 0.3 is 5.97 Å². The maximum absolute atomic E-state index is 14.8. The molecule has 438 valence electrons. The maximum atomic E-state index is 14.8. The highest BCUT2D eigenvalue weighted by atomic mass is 16.8. The maximum Gasteiger partial charge on any atom is 0.317 e. The highest BCUT2D eigenvalue weighted by molar-refractivity contribution is 5.80. The van der Waals surface area contributed by atoms with Crippen LogP contribution in [0, 0.1) is 50.2 Å². The van der Waals surface area contributed by atoms with Crippen LogP contribution in [0.1, 0.15) is 106 Å². The minimum absolute atomic E-state index is 0.120. The highest BCUT2D eigenvalue weighted by Crippen LogP contribution is 2.76. The molecule has 0 aromatic heterocycles. The van der Waals surface area contributed by atoms with Gasteiger partial charge in [-0.1, -0.05) is 53.2 Å². The molecule has 29 atom stereocenters. The molecule has 24 nitrogen and oxygen atoms in total. The Morgan fingerprint density at radius 3 is 2.00 bits per heavy atom. The average molecular weight is 1100 g/mol. The normalized spacial score (nSPS) is 54.6. The van der Waals surface area contributed by atoms with Crippen LogP contribution in [0.2, 0.25) is 0 Å². The van der Waals surface area contributed by atoms with E-state index < -0.39 is 193 Å². The zero-order chi connectivity index (χ0) is 56.4. The fraction of sp³-hybridized carbons (Fsp3) is 0.906. The second-order valence-corrected chi connectivity index (χ2v) is 25.6. The van der Waals surface area contributed by atoms with Gasteiger partial charge in [-0.05, 0) is 104 Å². The quantitative estimate of drug-likeness (QED) is 0.0414. The molecular formula is C53H81O24-. The van der Waals surface area contributed by atoms with Gasteiger partial charge in [-0.3, -0.25) is 4.79 Å². The molecule has 0 unspecified atom stereocenters. The number of carbonyl (C=O) groups excluding carboxylic acids is 3. The highest BCUT2D eigenvalue weighted by Gasteiger charge is 2.73. The van der Waals surface area contributed by atoms with Gasteiger partial charge in [-0.15, -0.1) is 0 Å². The third kappa shape index (κ3) is 9.37. The smallest absolute Gasteiger partial charge is 0.317 e. The first-order chi connectivity index (χ1) is 36.0. The van der Waals surface area contributed by atoms with Crippen LogP contribution in [0.4, 0.5) is 0 Å². The van der Waals surface area contributed by atoms with E-state index in [-0.39, 0.29) is 30.6 Å². The van der Waals surface area contributed by atoms with E-state index in [0.717, 1.165) is 11.9 Å². The summed E-state index contributed by atoms with van der Waals surface area (Å²) in [5.74, 6) is -3.74. The van der Waals surface area contributed by atoms with Crippen LogP contribution in [0.3, 0.4) is 0 Å². The SMILES string of the molecule is C[C@H]1O[C@@H](OC(=O)[C@]23CCC(C)(C)C[C@H]2C2=CC[C@@H]4[C@@]5(C)CC[C@H](O[C@@H]6O[C@H](C(=O)[O-])[C@@H](O)[C@H](O[C@@H]7OC[C@@H](O)[C@H](O)[C@H]7O)[C@H]6O[C@@H]6O[C@H](CO)[C@H](O)[C@H](O)[C@H]6O)[C@@](C)(C=O)[C@@H]5CC[C@@]4(C)[C@]2(C)C[C@H]3O)[C@H](O)[C@@H](O)[C@H]1O. The fourth-order valence-corrected chi connectivity index (χ4v) is 16.1. The van der Waals surface area contributed by atoms with E-state index in [1.165, 1.54) is 6.92 Å². The number of aliphatic hydroxyl groups excluding tert-OH is 12. The van der Waals surface area contributed by atoms with Crippen molar-refractivity contribution in [3.05, 3.63) is 11.6 Å². The molecule has 0 aromatic rings. The second kappa shape index (κ2) is 21.1. The van der Waals surface area contributed by atoms with Gasteiger partial charge in [0.1, 0.15) is 97.2 Å². The summed E-state index contributed by atoms with van der Waals surface area (Å²) in [6.45, 7) is 12.5. The number of hydrogen-bond donors (Lipinski definition) is 12. The minimum Gasteiger partial charge on any atom is -0.547 e. The van der Waals surface area contributed by atoms with Gasteiger partial charge in [0.25, 0.3) is 0 Å². The molecule has 5 aliphatic carbocycles. The number of aliphatic carboxylic acids is 1. The van der Waals surface area contributed by atoms with Gasteiger partial charge in [0.05, 0.1) is 42.9 Å². The summed E-state index contributed by atoms with van der Waals surface area (Å²) < 4.78 is 47.5. The molecule has 0 amide bonds. The molecule has 0 bridgehead atoms. The van der Waals surface area contributed by atoms with E-state index in [1.807, 2.05) is 0 Å². The molecule has 12 N–H and O–H groups in total. The number of allylic oxidation sites excluding steroid dienone is 2. The Balaban J connectivity index is 1.03. The number of fused-ring (bicyclic) bond motifs is 7. The third-order valence-electron chi connectivity index (χ3n) is 20.9. The van der Waals surface area contributed by atoms with Crippen molar-refractivity contribution < 1.29 is 119 Å². The topological polar surface area (TPSA) is 391 Å². The van der Waals surface area contributed by atoms with Crippen molar-refractivity contribution in [2.75, 3.05) is 13.2 Å². The Morgan fingerprint density at radius 2 is 1.34 bits per heavy atom.